The fourth-order valence-electron chi connectivity index (χ4n) is 11.7. The Bertz CT molecular complexity index is 1110. The minimum absolute atomic E-state index is 0. The summed E-state index contributed by atoms with van der Waals surface area (Å²) in [4.78, 5) is 0. The summed E-state index contributed by atoms with van der Waals surface area (Å²) in [5.74, 6) is 3.20. The molecule has 4 saturated carbocycles. The van der Waals surface area contributed by atoms with E-state index in [0.29, 0.717) is 58.5 Å². The van der Waals surface area contributed by atoms with Gasteiger partial charge in [-0.3, -0.25) is 0 Å². The van der Waals surface area contributed by atoms with E-state index in [1.54, 1.807) is 0 Å². The van der Waals surface area contributed by atoms with Crippen LogP contribution in [0.1, 0.15) is 186 Å². The van der Waals surface area contributed by atoms with E-state index in [9.17, 15) is 20.4 Å². The second kappa shape index (κ2) is 20.4. The van der Waals surface area contributed by atoms with Gasteiger partial charge in [0.2, 0.25) is 0 Å². The highest BCUT2D eigenvalue weighted by atomic mass is 32.1. The van der Waals surface area contributed by atoms with Crippen LogP contribution < -0.4 is 0 Å². The van der Waals surface area contributed by atoms with E-state index in [0.717, 1.165) is 38.5 Å². The lowest BCUT2D eigenvalue weighted by atomic mass is 9.61. The lowest BCUT2D eigenvalue weighted by Crippen LogP contribution is -2.50. The first-order valence-electron chi connectivity index (χ1n) is 23.4. The van der Waals surface area contributed by atoms with Crippen LogP contribution in [0.15, 0.2) is 0 Å². The van der Waals surface area contributed by atoms with Crippen molar-refractivity contribution < 1.29 is 29.3 Å². The number of rotatable bonds is 16. The van der Waals surface area contributed by atoms with Crippen molar-refractivity contribution in [3.8, 4) is 0 Å². The van der Waals surface area contributed by atoms with Gasteiger partial charge in [0.25, 0.3) is 0 Å². The third kappa shape index (κ3) is 13.8. The third-order valence-electron chi connectivity index (χ3n) is 17.1. The van der Waals surface area contributed by atoms with Crippen molar-refractivity contribution in [3.05, 3.63) is 0 Å². The summed E-state index contributed by atoms with van der Waals surface area (Å²) in [6.07, 6.45) is 18.9. The molecule has 0 radical (unpaired) electrons. The highest BCUT2D eigenvalue weighted by Gasteiger charge is 2.56. The van der Waals surface area contributed by atoms with Crippen molar-refractivity contribution in [3.63, 3.8) is 0 Å². The van der Waals surface area contributed by atoms with Crippen LogP contribution in [0.25, 0.3) is 0 Å². The summed E-state index contributed by atoms with van der Waals surface area (Å²) in [6, 6.07) is 0. The van der Waals surface area contributed by atoms with E-state index in [1.165, 1.54) is 64.2 Å². The van der Waals surface area contributed by atoms with Crippen LogP contribution in [-0.2, 0) is 8.85 Å². The topological polar surface area (TPSA) is 99.4 Å². The summed E-state index contributed by atoms with van der Waals surface area (Å²) in [5, 5.41) is 41.0. The Morgan fingerprint density at radius 1 is 0.561 bits per heavy atom. The minimum atomic E-state index is -1.76. The highest BCUT2D eigenvalue weighted by Crippen LogP contribution is 2.61. The molecular weight excluding hydrogens is 761 g/mol. The fourth-order valence-corrected chi connectivity index (χ4v) is 14.5. The second-order valence-electron chi connectivity index (χ2n) is 24.5. The number of hydrogen-bond acceptors (Lipinski definition) is 6. The highest BCUT2D eigenvalue weighted by molar-refractivity contribution is 7.59. The molecule has 0 heterocycles. The van der Waals surface area contributed by atoms with E-state index >= 15 is 0 Å². The summed E-state index contributed by atoms with van der Waals surface area (Å²) in [6.45, 7) is 36.7. The lowest BCUT2D eigenvalue weighted by Gasteiger charge is -2.50. The average molecular weight is 860 g/mol. The zero-order valence-corrected chi connectivity index (χ0v) is 43.5. The standard InChI is InChI=1S/2C24H48O3Si.H2S/c2*1-22(2,3)28(7,8)27-21-12-10-16-24(6)19(13-14-20(21)24)18(17-25)11-9-15-23(4,5)26;/h2*18-21,25-26H,9-17H2,1-8H3;1H2/t18?,19?,20?,21-,24+;18-,19?,20?,21-,24+;/m00./s1. The molecule has 4 N–H and O–H groups in total. The minimum Gasteiger partial charge on any atom is -0.414 e. The molecular formula is C48H98O6SSi2. The quantitative estimate of drug-likeness (QED) is 0.115. The summed E-state index contributed by atoms with van der Waals surface area (Å²) >= 11 is 0. The Kier molecular flexibility index (Phi) is 19.2. The normalized spacial score (nSPS) is 32.4. The van der Waals surface area contributed by atoms with Crippen LogP contribution in [0, 0.1) is 46.3 Å². The Hall–Kier alpha value is 0.544. The van der Waals surface area contributed by atoms with Gasteiger partial charge in [0, 0.05) is 25.4 Å². The molecule has 0 amide bonds. The van der Waals surface area contributed by atoms with Crippen molar-refractivity contribution in [2.75, 3.05) is 13.2 Å². The molecule has 0 aromatic rings. The van der Waals surface area contributed by atoms with Crippen LogP contribution >= 0.6 is 13.5 Å². The van der Waals surface area contributed by atoms with E-state index in [4.69, 9.17) is 8.85 Å². The monoisotopic (exact) mass is 859 g/mol. The van der Waals surface area contributed by atoms with E-state index < -0.39 is 27.8 Å². The largest absolute Gasteiger partial charge is 0.414 e. The first-order valence-corrected chi connectivity index (χ1v) is 29.3. The van der Waals surface area contributed by atoms with Gasteiger partial charge in [-0.1, -0.05) is 81.1 Å². The molecule has 4 aliphatic carbocycles. The number of fused-ring (bicyclic) bond motifs is 2. The molecule has 4 rings (SSSR count). The van der Waals surface area contributed by atoms with E-state index in [-0.39, 0.29) is 36.8 Å². The maximum atomic E-state index is 10.2. The number of hydrogen-bond donors (Lipinski definition) is 4. The van der Waals surface area contributed by atoms with Gasteiger partial charge in [-0.05, 0) is 187 Å². The molecule has 340 valence electrons. The molecule has 10 atom stereocenters. The molecule has 9 heteroatoms. The zero-order valence-electron chi connectivity index (χ0n) is 40.5. The van der Waals surface area contributed by atoms with Gasteiger partial charge in [-0.2, -0.15) is 13.5 Å². The fraction of sp³-hybridized carbons (Fsp3) is 1.00. The summed E-state index contributed by atoms with van der Waals surface area (Å²) < 4.78 is 13.9. The molecule has 5 unspecified atom stereocenters. The van der Waals surface area contributed by atoms with Gasteiger partial charge in [-0.15, -0.1) is 0 Å². The zero-order chi connectivity index (χ0) is 42.8. The predicted octanol–water partition coefficient (Wildman–Crippen LogP) is 12.4. The summed E-state index contributed by atoms with van der Waals surface area (Å²) in [5.41, 5.74) is -0.606. The van der Waals surface area contributed by atoms with Crippen molar-refractivity contribution in [2.45, 2.75) is 245 Å². The lowest BCUT2D eigenvalue weighted by molar-refractivity contribution is -0.0310. The van der Waals surface area contributed by atoms with Gasteiger partial charge in [0.15, 0.2) is 16.6 Å². The SMILES string of the molecule is CC(C)(O)CCCC(CO)C1CCC2[C@@H](O[Si](C)(C)C(C)(C)C)CCC[C@]12C.CC(C)(O)CCC[C@@H](CO)C1CCC2[C@@H](O[Si](C)(C)C(C)(C)C)CCC[C@]12C.S. The Morgan fingerprint density at radius 2 is 0.877 bits per heavy atom. The van der Waals surface area contributed by atoms with Gasteiger partial charge in [0.05, 0.1) is 11.2 Å². The number of aliphatic hydroxyl groups excluding tert-OH is 2. The van der Waals surface area contributed by atoms with Gasteiger partial charge in [-0.25, -0.2) is 0 Å². The second-order valence-corrected chi connectivity index (χ2v) is 34.0. The average Bonchev–Trinajstić information content (AvgIpc) is 3.57. The van der Waals surface area contributed by atoms with Gasteiger partial charge in [0.1, 0.15) is 0 Å². The first kappa shape index (κ1) is 53.7. The van der Waals surface area contributed by atoms with Crippen LogP contribution in [0.5, 0.6) is 0 Å². The molecule has 0 bridgehead atoms. The molecule has 0 spiro atoms. The smallest absolute Gasteiger partial charge is 0.192 e. The molecule has 0 aliphatic heterocycles. The maximum Gasteiger partial charge on any atom is 0.192 e. The van der Waals surface area contributed by atoms with Crippen molar-refractivity contribution >= 4 is 30.1 Å². The maximum absolute atomic E-state index is 10.2. The predicted molar refractivity (Wildman–Crippen MR) is 252 cm³/mol. The van der Waals surface area contributed by atoms with Gasteiger partial charge >= 0.3 is 0 Å². The van der Waals surface area contributed by atoms with Crippen LogP contribution in [0.3, 0.4) is 0 Å². The van der Waals surface area contributed by atoms with Crippen molar-refractivity contribution in [1.29, 1.82) is 0 Å². The van der Waals surface area contributed by atoms with E-state index in [1.807, 2.05) is 27.7 Å². The van der Waals surface area contributed by atoms with Crippen molar-refractivity contribution in [2.24, 2.45) is 46.3 Å². The molecule has 57 heavy (non-hydrogen) atoms. The van der Waals surface area contributed by atoms with Gasteiger partial charge < -0.3 is 29.3 Å². The first-order chi connectivity index (χ1) is 25.4. The molecule has 6 nitrogen and oxygen atoms in total. The van der Waals surface area contributed by atoms with Crippen molar-refractivity contribution in [1.82, 2.24) is 0 Å². The van der Waals surface area contributed by atoms with E-state index in [2.05, 4.69) is 81.6 Å². The summed E-state index contributed by atoms with van der Waals surface area (Å²) in [7, 11) is -3.52. The Labute approximate surface area is 362 Å². The molecule has 4 aliphatic rings. The van der Waals surface area contributed by atoms with Crippen LogP contribution in [0.4, 0.5) is 0 Å². The molecule has 0 aromatic heterocycles. The molecule has 0 saturated heterocycles. The Balaban J connectivity index is 0.000000387. The molecule has 0 aromatic carbocycles. The molecule has 4 fully saturated rings. The van der Waals surface area contributed by atoms with Crippen LogP contribution in [-0.4, -0.2) is 73.7 Å². The number of aliphatic hydroxyl groups is 4. The third-order valence-corrected chi connectivity index (χ3v) is 26.1. The Morgan fingerprint density at radius 3 is 1.14 bits per heavy atom. The van der Waals surface area contributed by atoms with Crippen LogP contribution in [0.2, 0.25) is 36.3 Å².